The van der Waals surface area contributed by atoms with Gasteiger partial charge in [-0.2, -0.15) is 25.5 Å². The molecule has 4 heterocycles. The predicted molar refractivity (Wildman–Crippen MR) is 235 cm³/mol. The zero-order chi connectivity index (χ0) is 41.3. The number of rotatable bonds is 8. The molecule has 2 aliphatic rings. The van der Waals surface area contributed by atoms with Gasteiger partial charge in [0.05, 0.1) is 11.4 Å². The van der Waals surface area contributed by atoms with Crippen molar-refractivity contribution in [3.8, 4) is 11.3 Å². The van der Waals surface area contributed by atoms with Gasteiger partial charge in [-0.3, -0.25) is 13.8 Å². The van der Waals surface area contributed by atoms with E-state index in [0.717, 1.165) is 82.7 Å². The zero-order valence-electron chi connectivity index (χ0n) is 34.7. The Kier molecular flexibility index (Phi) is 12.5. The van der Waals surface area contributed by atoms with Gasteiger partial charge >= 0.3 is 0 Å². The van der Waals surface area contributed by atoms with Gasteiger partial charge in [-0.05, 0) is 50.2 Å². The molecule has 0 fully saturated rings. The first-order chi connectivity index (χ1) is 28.4. The molecule has 0 N–H and O–H groups in total. The van der Waals surface area contributed by atoms with Crippen LogP contribution >= 0.6 is 0 Å². The standard InChI is InChI=1S/C30H24F2N4.C20H24N3.Ir/c31-23-11-15-25(16-12-23)35-21-33(27-7-1-3-9-29(27)35)19-5-6-20-34-22-36(26-17-13-24(32)14-18-26)30-10-4-2-8-28(30)34;1-19(2,3)16-17(20(4,5)6)23-13-12-21-15(18(23)22-16)14-10-8-7-9-11-14;/h1-4,7-15,17,21-22H,5-6,19-20H2;7-10,12-13H,1-6H3;/q-4;-1;. The molecule has 0 atom stereocenters. The third-order valence-electron chi connectivity index (χ3n) is 10.4. The molecule has 2 aromatic heterocycles. The van der Waals surface area contributed by atoms with Crippen molar-refractivity contribution in [3.05, 3.63) is 176 Å². The fourth-order valence-electron chi connectivity index (χ4n) is 7.70. The number of hydrogen-bond donors (Lipinski definition) is 0. The Hall–Kier alpha value is -5.57. The average molecular weight is 977 g/mol. The number of para-hydroxylation sites is 4. The number of benzene rings is 5. The monoisotopic (exact) mass is 977 g/mol. The molecule has 0 bridgehead atoms. The van der Waals surface area contributed by atoms with E-state index in [1.54, 1.807) is 12.1 Å². The van der Waals surface area contributed by atoms with Crippen LogP contribution in [0.5, 0.6) is 0 Å². The Bertz CT molecular complexity index is 2420. The first-order valence-electron chi connectivity index (χ1n) is 20.1. The molecule has 0 amide bonds. The summed E-state index contributed by atoms with van der Waals surface area (Å²) in [4.78, 5) is 18.2. The maximum Gasteiger partial charge on any atom is 0.120 e. The summed E-state index contributed by atoms with van der Waals surface area (Å²) >= 11 is 0. The Balaban J connectivity index is 0.000000197. The minimum absolute atomic E-state index is 0. The van der Waals surface area contributed by atoms with Gasteiger partial charge in [0.25, 0.3) is 0 Å². The van der Waals surface area contributed by atoms with E-state index in [2.05, 4.69) is 126 Å². The Morgan fingerprint density at radius 3 is 1.58 bits per heavy atom. The van der Waals surface area contributed by atoms with Crippen molar-refractivity contribution >= 4 is 39.8 Å². The van der Waals surface area contributed by atoms with Crippen molar-refractivity contribution in [2.75, 3.05) is 32.7 Å². The summed E-state index contributed by atoms with van der Waals surface area (Å²) in [6.07, 6.45) is 5.85. The summed E-state index contributed by atoms with van der Waals surface area (Å²) in [7, 11) is 0. The van der Waals surface area contributed by atoms with Crippen LogP contribution in [-0.2, 0) is 30.9 Å². The maximum absolute atomic E-state index is 13.4. The molecule has 0 unspecified atom stereocenters. The molecule has 0 spiro atoms. The predicted octanol–water partition coefficient (Wildman–Crippen LogP) is 12.0. The largest absolute Gasteiger partial charge is 0.501 e. The van der Waals surface area contributed by atoms with Crippen LogP contribution in [0.4, 0.5) is 42.9 Å². The smallest absolute Gasteiger partial charge is 0.120 e. The molecule has 0 saturated carbocycles. The van der Waals surface area contributed by atoms with Crippen molar-refractivity contribution in [3.63, 3.8) is 0 Å². The number of unbranched alkanes of at least 4 members (excludes halogenated alkanes) is 1. The molecule has 60 heavy (non-hydrogen) atoms. The Morgan fingerprint density at radius 2 is 1.13 bits per heavy atom. The number of halogens is 2. The minimum atomic E-state index is -0.292. The molecule has 7 aromatic rings. The second-order valence-corrected chi connectivity index (χ2v) is 16.9. The summed E-state index contributed by atoms with van der Waals surface area (Å²) in [5, 5.41) is 0. The number of anilines is 6. The van der Waals surface area contributed by atoms with Gasteiger partial charge in [0.1, 0.15) is 5.65 Å². The van der Waals surface area contributed by atoms with Crippen LogP contribution < -0.4 is 19.6 Å². The maximum atomic E-state index is 13.4. The van der Waals surface area contributed by atoms with E-state index in [4.69, 9.17) is 4.98 Å². The fourth-order valence-corrected chi connectivity index (χ4v) is 7.70. The summed E-state index contributed by atoms with van der Waals surface area (Å²) < 4.78 is 29.0. The van der Waals surface area contributed by atoms with Gasteiger partial charge < -0.3 is 24.0 Å². The SMILES string of the molecule is CC(C)(C)c1nc2c(-c3[c-]cccc3)nccn2c1C(C)(C)C.Fc1c[c-]c(N2[CH-]N(CCCCN3[CH-]N(c4[c-]cc(F)cc4)c4ccccc43)c3ccccc32)cc1.[Ir]. The summed E-state index contributed by atoms with van der Waals surface area (Å²) in [6, 6.07) is 42.9. The van der Waals surface area contributed by atoms with Crippen LogP contribution in [0.1, 0.15) is 65.8 Å². The molecule has 10 heteroatoms. The van der Waals surface area contributed by atoms with Crippen molar-refractivity contribution in [2.45, 2.75) is 65.2 Å². The van der Waals surface area contributed by atoms with Crippen LogP contribution in [0, 0.1) is 43.2 Å². The van der Waals surface area contributed by atoms with E-state index in [1.807, 2.05) is 60.9 Å². The molecule has 0 saturated heterocycles. The second kappa shape index (κ2) is 17.6. The van der Waals surface area contributed by atoms with Gasteiger partial charge in [-0.15, -0.1) is 83.7 Å². The van der Waals surface area contributed by atoms with E-state index >= 15 is 0 Å². The van der Waals surface area contributed by atoms with Crippen molar-refractivity contribution in [1.29, 1.82) is 0 Å². The van der Waals surface area contributed by atoms with Gasteiger partial charge in [-0.25, -0.2) is 4.98 Å². The van der Waals surface area contributed by atoms with E-state index in [0.29, 0.717) is 0 Å². The van der Waals surface area contributed by atoms with E-state index < -0.39 is 0 Å². The van der Waals surface area contributed by atoms with Crippen molar-refractivity contribution in [1.82, 2.24) is 14.4 Å². The summed E-state index contributed by atoms with van der Waals surface area (Å²) in [5.74, 6) is -0.585. The van der Waals surface area contributed by atoms with Crippen LogP contribution in [0.25, 0.3) is 16.9 Å². The van der Waals surface area contributed by atoms with Gasteiger partial charge in [0, 0.05) is 83.4 Å². The molecule has 1 radical (unpaired) electrons. The second-order valence-electron chi connectivity index (χ2n) is 16.9. The third kappa shape index (κ3) is 8.81. The minimum Gasteiger partial charge on any atom is -0.501 e. The van der Waals surface area contributed by atoms with Gasteiger partial charge in [0.15, 0.2) is 0 Å². The van der Waals surface area contributed by atoms with Crippen LogP contribution in [-0.4, -0.2) is 27.5 Å². The molecule has 5 aromatic carbocycles. The Labute approximate surface area is 366 Å². The number of imidazole rings is 1. The number of nitrogens with zero attached hydrogens (tertiary/aromatic N) is 7. The third-order valence-corrected chi connectivity index (χ3v) is 10.4. The van der Waals surface area contributed by atoms with E-state index in [-0.39, 0.29) is 42.6 Å². The molecule has 7 nitrogen and oxygen atoms in total. The normalized spacial score (nSPS) is 13.5. The fraction of sp³-hybridized carbons (Fsp3) is 0.240. The molecule has 2 aliphatic heterocycles. The average Bonchev–Trinajstić information content (AvgIpc) is 3.93. The molecule has 0 aliphatic carbocycles. The summed E-state index contributed by atoms with van der Waals surface area (Å²) in [6.45, 7) is 19.2. The molecule has 311 valence electrons. The first-order valence-corrected chi connectivity index (χ1v) is 20.1. The van der Waals surface area contributed by atoms with Crippen LogP contribution in [0.2, 0.25) is 0 Å². The van der Waals surface area contributed by atoms with Crippen molar-refractivity contribution < 1.29 is 28.9 Å². The van der Waals surface area contributed by atoms with Crippen LogP contribution in [0.15, 0.2) is 122 Å². The van der Waals surface area contributed by atoms with E-state index in [1.165, 1.54) is 30.0 Å². The topological polar surface area (TPSA) is 43.2 Å². The zero-order valence-corrected chi connectivity index (χ0v) is 37.1. The first kappa shape index (κ1) is 42.5. The van der Waals surface area contributed by atoms with Crippen LogP contribution in [0.3, 0.4) is 0 Å². The number of fused-ring (bicyclic) bond motifs is 3. The number of hydrogen-bond acceptors (Lipinski definition) is 6. The summed E-state index contributed by atoms with van der Waals surface area (Å²) in [5.41, 5.74) is 11.1. The number of aromatic nitrogens is 3. The van der Waals surface area contributed by atoms with Gasteiger partial charge in [0.2, 0.25) is 0 Å². The quantitative estimate of drug-likeness (QED) is 0.112. The van der Waals surface area contributed by atoms with E-state index in [9.17, 15) is 8.78 Å². The molecule has 9 rings (SSSR count). The van der Waals surface area contributed by atoms with Gasteiger partial charge in [-0.1, -0.05) is 65.8 Å². The van der Waals surface area contributed by atoms with Crippen molar-refractivity contribution in [2.24, 2.45) is 0 Å². The Morgan fingerprint density at radius 1 is 0.617 bits per heavy atom. The molecular weight excluding hydrogens is 929 g/mol. The molecular formula is C50H48F2IrN7-5.